The number of hydrogen-bond donors (Lipinski definition) is 0. The van der Waals surface area contributed by atoms with Crippen LogP contribution in [0.4, 0.5) is 0 Å². The molecule has 0 bridgehead atoms. The van der Waals surface area contributed by atoms with Crippen LogP contribution in [0.3, 0.4) is 0 Å². The van der Waals surface area contributed by atoms with Gasteiger partial charge in [0, 0.05) is 10.6 Å². The maximum absolute atomic E-state index is 9.35. The van der Waals surface area contributed by atoms with Crippen molar-refractivity contribution in [2.45, 2.75) is 18.0 Å². The molecular weight excluding hydrogens is 292 g/mol. The minimum Gasteiger partial charge on any atom is -0.466 e. The Kier molecular flexibility index (Phi) is 3.40. The van der Waals surface area contributed by atoms with E-state index in [0.29, 0.717) is 16.3 Å². The van der Waals surface area contributed by atoms with E-state index in [1.165, 1.54) is 6.26 Å². The molecule has 2 aromatic rings. The van der Waals surface area contributed by atoms with Gasteiger partial charge in [-0.1, -0.05) is 23.7 Å². The number of ether oxygens (including phenoxy) is 2. The molecule has 5 nitrogen and oxygen atoms in total. The molecule has 2 heterocycles. The Labute approximate surface area is 125 Å². The van der Waals surface area contributed by atoms with Gasteiger partial charge in [0.25, 0.3) is 5.60 Å². The van der Waals surface area contributed by atoms with Gasteiger partial charge in [-0.3, -0.25) is 0 Å². The van der Waals surface area contributed by atoms with Gasteiger partial charge in [0.1, 0.15) is 17.9 Å². The van der Waals surface area contributed by atoms with E-state index in [0.717, 1.165) is 0 Å². The predicted octanol–water partition coefficient (Wildman–Crippen LogP) is 3.51. The molecule has 2 atom stereocenters. The molecule has 104 valence electrons. The third kappa shape index (κ3) is 2.28. The Balaban J connectivity index is 1.97. The van der Waals surface area contributed by atoms with E-state index in [4.69, 9.17) is 25.5 Å². The van der Waals surface area contributed by atoms with Crippen LogP contribution in [0.25, 0.3) is 0 Å². The number of furan rings is 1. The third-order valence-electron chi connectivity index (χ3n) is 3.20. The quantitative estimate of drug-likeness (QED) is 0.848. The lowest BCUT2D eigenvalue weighted by atomic mass is 9.99. The smallest absolute Gasteiger partial charge is 0.277 e. The van der Waals surface area contributed by atoms with Crippen molar-refractivity contribution in [3.8, 4) is 12.1 Å². The van der Waals surface area contributed by atoms with Crippen molar-refractivity contribution >= 4 is 11.6 Å². The van der Waals surface area contributed by atoms with E-state index >= 15 is 0 Å². The first-order chi connectivity index (χ1) is 10.2. The second-order valence-corrected chi connectivity index (χ2v) is 4.93. The van der Waals surface area contributed by atoms with Crippen LogP contribution < -0.4 is 0 Å². The molecule has 3 rings (SSSR count). The summed E-state index contributed by atoms with van der Waals surface area (Å²) in [5.74, 6) is 0.370. The molecule has 0 radical (unpaired) electrons. The van der Waals surface area contributed by atoms with Gasteiger partial charge < -0.3 is 13.9 Å². The van der Waals surface area contributed by atoms with Crippen LogP contribution in [0, 0.1) is 22.7 Å². The summed E-state index contributed by atoms with van der Waals surface area (Å²) in [7, 11) is 0. The molecule has 21 heavy (non-hydrogen) atoms. The fraction of sp³-hybridized carbons (Fsp3) is 0.200. The molecule has 1 saturated heterocycles. The first-order valence-electron chi connectivity index (χ1n) is 6.13. The zero-order chi connectivity index (χ0) is 14.9. The van der Waals surface area contributed by atoms with E-state index in [-0.39, 0.29) is 0 Å². The van der Waals surface area contributed by atoms with Crippen molar-refractivity contribution in [2.24, 2.45) is 0 Å². The summed E-state index contributed by atoms with van der Waals surface area (Å²) >= 11 is 5.84. The average molecular weight is 301 g/mol. The highest BCUT2D eigenvalue weighted by molar-refractivity contribution is 6.30. The van der Waals surface area contributed by atoms with Crippen LogP contribution in [0.2, 0.25) is 5.02 Å². The van der Waals surface area contributed by atoms with Crippen molar-refractivity contribution in [1.82, 2.24) is 0 Å². The molecule has 1 aromatic carbocycles. The Bertz CT molecular complexity index is 699. The van der Waals surface area contributed by atoms with Crippen molar-refractivity contribution in [2.75, 3.05) is 0 Å². The molecular formula is C15H9ClN2O3. The lowest BCUT2D eigenvalue weighted by Gasteiger charge is -2.15. The molecule has 0 amide bonds. The Morgan fingerprint density at radius 1 is 1.10 bits per heavy atom. The molecule has 0 saturated carbocycles. The molecule has 1 aliphatic heterocycles. The Morgan fingerprint density at radius 2 is 1.81 bits per heavy atom. The third-order valence-corrected chi connectivity index (χ3v) is 3.45. The largest absolute Gasteiger partial charge is 0.466 e. The highest BCUT2D eigenvalue weighted by Crippen LogP contribution is 2.46. The summed E-state index contributed by atoms with van der Waals surface area (Å²) < 4.78 is 16.5. The minimum absolute atomic E-state index is 0.370. The van der Waals surface area contributed by atoms with Crippen LogP contribution in [-0.4, -0.2) is 5.60 Å². The predicted molar refractivity (Wildman–Crippen MR) is 71.8 cm³/mol. The SMILES string of the molecule is N#CC1(C#N)O[C@@H](c2ccc(Cl)cc2)O[C@H]1c1ccco1. The number of halogens is 1. The lowest BCUT2D eigenvalue weighted by Crippen LogP contribution is -2.30. The van der Waals surface area contributed by atoms with Crippen LogP contribution in [0.1, 0.15) is 23.7 Å². The van der Waals surface area contributed by atoms with Gasteiger partial charge >= 0.3 is 0 Å². The molecule has 0 spiro atoms. The van der Waals surface area contributed by atoms with Crippen molar-refractivity contribution < 1.29 is 13.9 Å². The fourth-order valence-corrected chi connectivity index (χ4v) is 2.27. The highest BCUT2D eigenvalue weighted by Gasteiger charge is 2.54. The van der Waals surface area contributed by atoms with Gasteiger partial charge in [0.2, 0.25) is 0 Å². The molecule has 0 aliphatic carbocycles. The number of nitriles is 2. The highest BCUT2D eigenvalue weighted by atomic mass is 35.5. The summed E-state index contributed by atoms with van der Waals surface area (Å²) in [6.07, 6.45) is -0.298. The average Bonchev–Trinajstić information content (AvgIpc) is 3.15. The van der Waals surface area contributed by atoms with Gasteiger partial charge in [-0.2, -0.15) is 10.5 Å². The standard InChI is InChI=1S/C15H9ClN2O3/c16-11-5-3-10(4-6-11)14-20-13(12-2-1-7-19-12)15(8-17,9-18)21-14/h1-7,13-14H/t13-,14-/m0/s1. The van der Waals surface area contributed by atoms with Gasteiger partial charge in [-0.05, 0) is 24.3 Å². The zero-order valence-electron chi connectivity index (χ0n) is 10.7. The summed E-state index contributed by atoms with van der Waals surface area (Å²) in [5, 5.41) is 19.3. The minimum atomic E-state index is -1.75. The summed E-state index contributed by atoms with van der Waals surface area (Å²) in [6, 6.07) is 13.9. The van der Waals surface area contributed by atoms with E-state index < -0.39 is 18.0 Å². The number of rotatable bonds is 2. The molecule has 6 heteroatoms. The number of hydrogen-bond acceptors (Lipinski definition) is 5. The summed E-state index contributed by atoms with van der Waals surface area (Å²) in [5.41, 5.74) is -1.08. The van der Waals surface area contributed by atoms with Crippen molar-refractivity contribution in [1.29, 1.82) is 10.5 Å². The maximum atomic E-state index is 9.35. The molecule has 0 N–H and O–H groups in total. The van der Waals surface area contributed by atoms with E-state index in [9.17, 15) is 10.5 Å². The van der Waals surface area contributed by atoms with Crippen LogP contribution in [0.5, 0.6) is 0 Å². The van der Waals surface area contributed by atoms with Gasteiger partial charge in [0.05, 0.1) is 6.26 Å². The maximum Gasteiger partial charge on any atom is 0.277 e. The number of nitrogens with zero attached hydrogens (tertiary/aromatic N) is 2. The second-order valence-electron chi connectivity index (χ2n) is 4.49. The normalized spacial score (nSPS) is 23.4. The van der Waals surface area contributed by atoms with Crippen molar-refractivity contribution in [3.63, 3.8) is 0 Å². The topological polar surface area (TPSA) is 79.2 Å². The van der Waals surface area contributed by atoms with Gasteiger partial charge in [-0.15, -0.1) is 0 Å². The van der Waals surface area contributed by atoms with Crippen LogP contribution >= 0.6 is 11.6 Å². The van der Waals surface area contributed by atoms with Gasteiger partial charge in [-0.25, -0.2) is 0 Å². The number of benzene rings is 1. The first kappa shape index (κ1) is 13.7. The molecule has 1 fully saturated rings. The van der Waals surface area contributed by atoms with E-state index in [2.05, 4.69) is 0 Å². The van der Waals surface area contributed by atoms with E-state index in [1.54, 1.807) is 36.4 Å². The Hall–Kier alpha value is -2.31. The fourth-order valence-electron chi connectivity index (χ4n) is 2.15. The van der Waals surface area contributed by atoms with Gasteiger partial charge in [0.15, 0.2) is 12.4 Å². The Morgan fingerprint density at radius 3 is 2.38 bits per heavy atom. The van der Waals surface area contributed by atoms with Crippen LogP contribution in [-0.2, 0) is 9.47 Å². The summed E-state index contributed by atoms with van der Waals surface area (Å²) in [4.78, 5) is 0. The zero-order valence-corrected chi connectivity index (χ0v) is 11.4. The molecule has 1 aliphatic rings. The monoisotopic (exact) mass is 300 g/mol. The van der Waals surface area contributed by atoms with Crippen molar-refractivity contribution in [3.05, 3.63) is 59.0 Å². The lowest BCUT2D eigenvalue weighted by molar-refractivity contribution is -0.0734. The van der Waals surface area contributed by atoms with E-state index in [1.807, 2.05) is 12.1 Å². The van der Waals surface area contributed by atoms with Crippen LogP contribution in [0.15, 0.2) is 47.1 Å². The second kappa shape index (κ2) is 5.23. The molecule has 1 aromatic heterocycles. The summed E-state index contributed by atoms with van der Waals surface area (Å²) in [6.45, 7) is 0. The molecule has 0 unspecified atom stereocenters. The first-order valence-corrected chi connectivity index (χ1v) is 6.51.